The van der Waals surface area contributed by atoms with Crippen molar-refractivity contribution in [3.05, 3.63) is 63.4 Å². The summed E-state index contributed by atoms with van der Waals surface area (Å²) in [5.74, 6) is -16.1. The van der Waals surface area contributed by atoms with E-state index in [2.05, 4.69) is 21.1 Å². The lowest BCUT2D eigenvalue weighted by Crippen LogP contribution is -2.49. The Morgan fingerprint density at radius 2 is 1.53 bits per heavy atom. The van der Waals surface area contributed by atoms with E-state index in [1.807, 2.05) is 12.1 Å². The highest BCUT2D eigenvalue weighted by Gasteiger charge is 2.80. The molecule has 0 fully saturated rings. The van der Waals surface area contributed by atoms with Gasteiger partial charge >= 0.3 is 17.8 Å². The molecule has 0 saturated carbocycles. The van der Waals surface area contributed by atoms with Gasteiger partial charge in [0.15, 0.2) is 0 Å². The van der Waals surface area contributed by atoms with Gasteiger partial charge in [0, 0.05) is 26.2 Å². The third kappa shape index (κ3) is 3.09. The lowest BCUT2D eigenvalue weighted by molar-refractivity contribution is -0.254. The van der Waals surface area contributed by atoms with Crippen LogP contribution in [0.2, 0.25) is 0 Å². The summed E-state index contributed by atoms with van der Waals surface area (Å²) in [4.78, 5) is 0.718. The minimum absolute atomic E-state index is 0.165. The molecular formula is C22H16BrF6NOS. The Morgan fingerprint density at radius 1 is 0.938 bits per heavy atom. The molecular weight excluding hydrogens is 520 g/mol. The highest BCUT2D eigenvalue weighted by molar-refractivity contribution is 9.08. The molecule has 2 nitrogen and oxygen atoms in total. The Hall–Kier alpha value is -2.07. The predicted octanol–water partition coefficient (Wildman–Crippen LogP) is 8.05. The van der Waals surface area contributed by atoms with Gasteiger partial charge in [-0.1, -0.05) is 45.4 Å². The average molecular weight is 536 g/mol. The number of rotatable bonds is 4. The first-order valence-electron chi connectivity index (χ1n) is 9.42. The molecule has 4 rings (SSSR count). The molecule has 0 saturated heterocycles. The number of allylic oxidation sites excluding steroid dienone is 2. The summed E-state index contributed by atoms with van der Waals surface area (Å²) in [5.41, 5.74) is -2.21. The molecule has 0 aliphatic heterocycles. The Labute approximate surface area is 192 Å². The van der Waals surface area contributed by atoms with Gasteiger partial charge in [-0.2, -0.15) is 26.3 Å². The highest BCUT2D eigenvalue weighted by atomic mass is 79.9. The number of alkyl halides is 7. The minimum atomic E-state index is -5.62. The molecule has 1 aromatic carbocycles. The van der Waals surface area contributed by atoms with Crippen molar-refractivity contribution in [1.29, 1.82) is 0 Å². The predicted molar refractivity (Wildman–Crippen MR) is 115 cm³/mol. The molecule has 0 unspecified atom stereocenters. The molecule has 2 aromatic heterocycles. The van der Waals surface area contributed by atoms with Crippen molar-refractivity contribution in [3.63, 3.8) is 0 Å². The number of thiophene rings is 1. The van der Waals surface area contributed by atoms with E-state index in [1.165, 1.54) is 26.8 Å². The quantitative estimate of drug-likeness (QED) is 0.249. The number of hydrogen-bond donors (Lipinski definition) is 0. The first-order chi connectivity index (χ1) is 14.8. The fourth-order valence-corrected chi connectivity index (χ4v) is 5.29. The van der Waals surface area contributed by atoms with Crippen molar-refractivity contribution in [2.75, 3.05) is 0 Å². The molecule has 0 amide bonds. The summed E-state index contributed by atoms with van der Waals surface area (Å²) in [6, 6.07) is 8.41. The highest BCUT2D eigenvalue weighted by Crippen LogP contribution is 2.65. The maximum absolute atomic E-state index is 15.0. The van der Waals surface area contributed by atoms with Gasteiger partial charge in [0.25, 0.3) is 0 Å². The number of benzene rings is 1. The molecule has 2 heterocycles. The molecule has 0 radical (unpaired) electrons. The third-order valence-corrected chi connectivity index (χ3v) is 7.28. The van der Waals surface area contributed by atoms with Gasteiger partial charge in [-0.25, -0.2) is 0 Å². The van der Waals surface area contributed by atoms with E-state index in [9.17, 15) is 17.6 Å². The van der Waals surface area contributed by atoms with Crippen LogP contribution in [-0.2, 0) is 5.33 Å². The van der Waals surface area contributed by atoms with E-state index in [1.54, 1.807) is 12.1 Å². The minimum Gasteiger partial charge on any atom is -0.361 e. The van der Waals surface area contributed by atoms with Gasteiger partial charge in [0.1, 0.15) is 5.76 Å². The van der Waals surface area contributed by atoms with Crippen LogP contribution in [0.1, 0.15) is 33.0 Å². The molecule has 0 spiro atoms. The van der Waals surface area contributed by atoms with Crippen LogP contribution in [0.4, 0.5) is 26.3 Å². The van der Waals surface area contributed by atoms with E-state index in [0.717, 1.165) is 16.9 Å². The van der Waals surface area contributed by atoms with Crippen molar-refractivity contribution in [2.45, 2.75) is 43.9 Å². The van der Waals surface area contributed by atoms with E-state index in [0.29, 0.717) is 15.8 Å². The summed E-state index contributed by atoms with van der Waals surface area (Å²) < 4.78 is 93.7. The van der Waals surface area contributed by atoms with Crippen molar-refractivity contribution >= 4 is 38.4 Å². The normalized spacial score (nSPS) is 19.1. The fourth-order valence-electron chi connectivity index (χ4n) is 3.88. The monoisotopic (exact) mass is 535 g/mol. The van der Waals surface area contributed by atoms with E-state index >= 15 is 8.78 Å². The maximum Gasteiger partial charge on any atom is 0.380 e. The zero-order valence-electron chi connectivity index (χ0n) is 17.0. The summed E-state index contributed by atoms with van der Waals surface area (Å²) in [7, 11) is 0. The van der Waals surface area contributed by atoms with Gasteiger partial charge in [-0.05, 0) is 43.5 Å². The molecule has 1 aliphatic carbocycles. The Balaban J connectivity index is 2.00. The van der Waals surface area contributed by atoms with Crippen LogP contribution < -0.4 is 0 Å². The van der Waals surface area contributed by atoms with Crippen LogP contribution in [0.3, 0.4) is 0 Å². The van der Waals surface area contributed by atoms with Crippen LogP contribution in [0, 0.1) is 20.8 Å². The van der Waals surface area contributed by atoms with Crippen molar-refractivity contribution < 1.29 is 30.9 Å². The first-order valence-corrected chi connectivity index (χ1v) is 11.4. The summed E-state index contributed by atoms with van der Waals surface area (Å²) in [6.45, 7) is 3.92. The van der Waals surface area contributed by atoms with E-state index in [4.69, 9.17) is 4.52 Å². The Morgan fingerprint density at radius 3 is 2.06 bits per heavy atom. The van der Waals surface area contributed by atoms with Gasteiger partial charge < -0.3 is 4.52 Å². The number of aromatic nitrogens is 1. The number of halogens is 7. The Kier molecular flexibility index (Phi) is 5.40. The van der Waals surface area contributed by atoms with Crippen molar-refractivity contribution in [2.24, 2.45) is 0 Å². The molecule has 170 valence electrons. The summed E-state index contributed by atoms with van der Waals surface area (Å²) in [5, 5.41) is 4.13. The smallest absolute Gasteiger partial charge is 0.361 e. The number of hydrogen-bond acceptors (Lipinski definition) is 3. The molecule has 0 bridgehead atoms. The lowest BCUT2D eigenvalue weighted by atomic mass is 9.93. The second-order valence-corrected chi connectivity index (χ2v) is 9.40. The molecule has 10 heteroatoms. The summed E-state index contributed by atoms with van der Waals surface area (Å²) in [6.07, 6.45) is 0. The second-order valence-electron chi connectivity index (χ2n) is 7.58. The van der Waals surface area contributed by atoms with Gasteiger partial charge in [-0.15, -0.1) is 11.3 Å². The molecule has 0 N–H and O–H groups in total. The standard InChI is InChI=1S/C22H16BrF6NOS/c1-10-17(11(2)31-30-10)19-18(20(24,25)22(28,29)21(19,26)27)15-8-16(32-12(15)3)14-6-4-13(9-23)5-7-14/h4-8H,9H2,1-3H3. The van der Waals surface area contributed by atoms with Crippen LogP contribution in [-0.4, -0.2) is 22.9 Å². The molecule has 1 aliphatic rings. The second kappa shape index (κ2) is 7.48. The molecule has 32 heavy (non-hydrogen) atoms. The van der Waals surface area contributed by atoms with Crippen LogP contribution in [0.5, 0.6) is 0 Å². The van der Waals surface area contributed by atoms with Crippen LogP contribution in [0.25, 0.3) is 21.6 Å². The number of nitrogens with zero attached hydrogens (tertiary/aromatic N) is 1. The van der Waals surface area contributed by atoms with Gasteiger partial charge in [0.05, 0.1) is 11.3 Å². The molecule has 3 aromatic rings. The average Bonchev–Trinajstić information content (AvgIpc) is 3.29. The van der Waals surface area contributed by atoms with Crippen molar-refractivity contribution in [1.82, 2.24) is 5.16 Å². The van der Waals surface area contributed by atoms with E-state index in [-0.39, 0.29) is 21.9 Å². The largest absolute Gasteiger partial charge is 0.380 e. The van der Waals surface area contributed by atoms with Gasteiger partial charge in [0.2, 0.25) is 0 Å². The van der Waals surface area contributed by atoms with Crippen LogP contribution >= 0.6 is 27.3 Å². The van der Waals surface area contributed by atoms with E-state index < -0.39 is 34.5 Å². The topological polar surface area (TPSA) is 26.0 Å². The summed E-state index contributed by atoms with van der Waals surface area (Å²) >= 11 is 4.40. The maximum atomic E-state index is 15.0. The lowest BCUT2D eigenvalue weighted by Gasteiger charge is -2.25. The zero-order chi connectivity index (χ0) is 23.6. The SMILES string of the molecule is Cc1noc(C)c1C1=C(c2cc(-c3ccc(CBr)cc3)sc2C)C(F)(F)C(F)(F)C1(F)F. The fraction of sp³-hybridized carbons (Fsp3) is 0.318. The molecule has 0 atom stereocenters. The van der Waals surface area contributed by atoms with Gasteiger partial charge in [-0.3, -0.25) is 0 Å². The van der Waals surface area contributed by atoms with Crippen LogP contribution in [0.15, 0.2) is 34.9 Å². The number of aryl methyl sites for hydroxylation is 3. The zero-order valence-corrected chi connectivity index (χ0v) is 19.4. The van der Waals surface area contributed by atoms with Crippen molar-refractivity contribution in [3.8, 4) is 10.4 Å². The first kappa shape index (κ1) is 23.1. The third-order valence-electron chi connectivity index (χ3n) is 5.53. The Bertz CT molecular complexity index is 1210.